The highest BCUT2D eigenvalue weighted by Gasteiger charge is 2.55. The fourth-order valence-electron chi connectivity index (χ4n) is 2.23. The predicted octanol–water partition coefficient (Wildman–Crippen LogP) is 2.40. The quantitative estimate of drug-likeness (QED) is 0.754. The molecule has 1 aliphatic heterocycles. The Labute approximate surface area is 95.2 Å². The van der Waals surface area contributed by atoms with Gasteiger partial charge in [0.25, 0.3) is 0 Å². The van der Waals surface area contributed by atoms with Crippen LogP contribution in [0.5, 0.6) is 0 Å². The lowest BCUT2D eigenvalue weighted by molar-refractivity contribution is -0.209. The Kier molecular flexibility index (Phi) is 3.60. The number of alkyl halides is 3. The highest BCUT2D eigenvalue weighted by Crippen LogP contribution is 2.39. The van der Waals surface area contributed by atoms with Crippen LogP contribution in [0.4, 0.5) is 13.2 Å². The van der Waals surface area contributed by atoms with Crippen molar-refractivity contribution >= 4 is 0 Å². The summed E-state index contributed by atoms with van der Waals surface area (Å²) in [6.45, 7) is 7.08. The number of piperidine rings is 1. The summed E-state index contributed by atoms with van der Waals surface area (Å²) in [4.78, 5) is 2.11. The third kappa shape index (κ3) is 2.51. The molecule has 0 aliphatic carbocycles. The summed E-state index contributed by atoms with van der Waals surface area (Å²) < 4.78 is 38.8. The van der Waals surface area contributed by atoms with Gasteiger partial charge in [0.1, 0.15) is 5.54 Å². The summed E-state index contributed by atoms with van der Waals surface area (Å²) in [6.07, 6.45) is -3.90. The monoisotopic (exact) mass is 238 g/mol. The van der Waals surface area contributed by atoms with Gasteiger partial charge in [0.05, 0.1) is 0 Å². The van der Waals surface area contributed by atoms with Gasteiger partial charge in [-0.1, -0.05) is 0 Å². The molecule has 16 heavy (non-hydrogen) atoms. The van der Waals surface area contributed by atoms with Crippen LogP contribution >= 0.6 is 0 Å². The molecule has 0 aromatic heterocycles. The molecule has 0 unspecified atom stereocenters. The number of rotatable bonds is 1. The van der Waals surface area contributed by atoms with Crippen molar-refractivity contribution in [2.45, 2.75) is 50.9 Å². The second kappa shape index (κ2) is 4.18. The van der Waals surface area contributed by atoms with Crippen molar-refractivity contribution in [3.05, 3.63) is 0 Å². The molecule has 0 spiro atoms. The molecule has 1 N–H and O–H groups in total. The van der Waals surface area contributed by atoms with E-state index in [1.54, 1.807) is 0 Å². The molecular formula is C11H21F3N2. The highest BCUT2D eigenvalue weighted by atomic mass is 19.4. The van der Waals surface area contributed by atoms with E-state index in [1.807, 2.05) is 20.8 Å². The first-order chi connectivity index (χ1) is 7.12. The van der Waals surface area contributed by atoms with Gasteiger partial charge in [-0.25, -0.2) is 0 Å². The molecule has 2 nitrogen and oxygen atoms in total. The average molecular weight is 238 g/mol. The van der Waals surface area contributed by atoms with Gasteiger partial charge < -0.3 is 5.32 Å². The first kappa shape index (κ1) is 13.8. The Morgan fingerprint density at radius 1 is 1.06 bits per heavy atom. The maximum Gasteiger partial charge on any atom is 0.406 e. The van der Waals surface area contributed by atoms with Crippen LogP contribution in [-0.2, 0) is 0 Å². The van der Waals surface area contributed by atoms with E-state index in [1.165, 1.54) is 7.05 Å². The van der Waals surface area contributed by atoms with Gasteiger partial charge >= 0.3 is 6.18 Å². The van der Waals surface area contributed by atoms with E-state index < -0.39 is 11.7 Å². The van der Waals surface area contributed by atoms with Crippen LogP contribution in [0.2, 0.25) is 0 Å². The zero-order valence-electron chi connectivity index (χ0n) is 10.4. The average Bonchev–Trinajstić information content (AvgIpc) is 2.14. The third-order valence-electron chi connectivity index (χ3n) is 3.59. The number of halogens is 3. The Bertz CT molecular complexity index is 235. The van der Waals surface area contributed by atoms with Gasteiger partial charge in [0, 0.05) is 18.6 Å². The van der Waals surface area contributed by atoms with E-state index in [0.717, 1.165) is 0 Å². The first-order valence-electron chi connectivity index (χ1n) is 5.63. The Morgan fingerprint density at radius 2 is 1.50 bits per heavy atom. The molecule has 0 aromatic rings. The number of hydrogen-bond acceptors (Lipinski definition) is 2. The van der Waals surface area contributed by atoms with E-state index >= 15 is 0 Å². The molecule has 0 atom stereocenters. The molecule has 0 saturated carbocycles. The SMILES string of the molecule is CNC1(C(F)(F)F)CCN(C(C)(C)C)CC1. The minimum absolute atomic E-state index is 0.0501. The minimum Gasteiger partial charge on any atom is -0.307 e. The van der Waals surface area contributed by atoms with E-state index in [0.29, 0.717) is 13.1 Å². The largest absolute Gasteiger partial charge is 0.406 e. The van der Waals surface area contributed by atoms with Crippen molar-refractivity contribution in [1.29, 1.82) is 0 Å². The normalized spacial score (nSPS) is 23.4. The van der Waals surface area contributed by atoms with Gasteiger partial charge in [-0.3, -0.25) is 4.90 Å². The van der Waals surface area contributed by atoms with Gasteiger partial charge in [0.15, 0.2) is 0 Å². The molecule has 1 rings (SSSR count). The Balaban J connectivity index is 2.72. The molecule has 1 saturated heterocycles. The van der Waals surface area contributed by atoms with Crippen molar-refractivity contribution in [2.24, 2.45) is 0 Å². The van der Waals surface area contributed by atoms with Crippen molar-refractivity contribution in [1.82, 2.24) is 10.2 Å². The summed E-state index contributed by atoms with van der Waals surface area (Å²) in [5.74, 6) is 0. The summed E-state index contributed by atoms with van der Waals surface area (Å²) in [6, 6.07) is 0. The zero-order valence-corrected chi connectivity index (χ0v) is 10.4. The second-order valence-corrected chi connectivity index (χ2v) is 5.49. The van der Waals surface area contributed by atoms with Crippen molar-refractivity contribution in [3.63, 3.8) is 0 Å². The van der Waals surface area contributed by atoms with Gasteiger partial charge in [-0.05, 0) is 40.7 Å². The fraction of sp³-hybridized carbons (Fsp3) is 1.00. The molecule has 96 valence electrons. The highest BCUT2D eigenvalue weighted by molar-refractivity contribution is 4.99. The summed E-state index contributed by atoms with van der Waals surface area (Å²) in [5, 5.41) is 2.48. The van der Waals surface area contributed by atoms with Crippen LogP contribution < -0.4 is 5.32 Å². The molecule has 5 heteroatoms. The lowest BCUT2D eigenvalue weighted by Crippen LogP contribution is -2.62. The van der Waals surface area contributed by atoms with Crippen LogP contribution in [0.15, 0.2) is 0 Å². The van der Waals surface area contributed by atoms with Crippen molar-refractivity contribution in [2.75, 3.05) is 20.1 Å². The third-order valence-corrected chi connectivity index (χ3v) is 3.59. The van der Waals surface area contributed by atoms with E-state index in [4.69, 9.17) is 0 Å². The molecule has 0 radical (unpaired) electrons. The topological polar surface area (TPSA) is 15.3 Å². The summed E-state index contributed by atoms with van der Waals surface area (Å²) in [7, 11) is 1.40. The van der Waals surface area contributed by atoms with Gasteiger partial charge in [-0.2, -0.15) is 13.2 Å². The van der Waals surface area contributed by atoms with E-state index in [2.05, 4.69) is 10.2 Å². The number of nitrogens with one attached hydrogen (secondary N) is 1. The zero-order chi connectivity index (χ0) is 12.6. The molecule has 1 fully saturated rings. The van der Waals surface area contributed by atoms with Crippen LogP contribution in [0.3, 0.4) is 0 Å². The molecule has 0 amide bonds. The standard InChI is InChI=1S/C11H21F3N2/c1-9(2,3)16-7-5-10(15-4,6-8-16)11(12,13)14/h15H,5-8H2,1-4H3. The van der Waals surface area contributed by atoms with Gasteiger partial charge in [0.2, 0.25) is 0 Å². The number of nitrogens with zero attached hydrogens (tertiary/aromatic N) is 1. The minimum atomic E-state index is -4.16. The lowest BCUT2D eigenvalue weighted by atomic mass is 9.85. The van der Waals surface area contributed by atoms with Crippen LogP contribution in [0, 0.1) is 0 Å². The van der Waals surface area contributed by atoms with Crippen molar-refractivity contribution < 1.29 is 13.2 Å². The Morgan fingerprint density at radius 3 is 1.75 bits per heavy atom. The van der Waals surface area contributed by atoms with Gasteiger partial charge in [-0.15, -0.1) is 0 Å². The molecule has 0 aromatic carbocycles. The maximum atomic E-state index is 12.9. The van der Waals surface area contributed by atoms with E-state index in [-0.39, 0.29) is 18.4 Å². The molecular weight excluding hydrogens is 217 g/mol. The molecule has 1 aliphatic rings. The van der Waals surface area contributed by atoms with Crippen LogP contribution in [-0.4, -0.2) is 42.3 Å². The summed E-state index contributed by atoms with van der Waals surface area (Å²) in [5.41, 5.74) is -1.74. The maximum absolute atomic E-state index is 12.9. The first-order valence-corrected chi connectivity index (χ1v) is 5.63. The second-order valence-electron chi connectivity index (χ2n) is 5.49. The number of hydrogen-bond donors (Lipinski definition) is 1. The summed E-state index contributed by atoms with van der Waals surface area (Å²) >= 11 is 0. The fourth-order valence-corrected chi connectivity index (χ4v) is 2.23. The molecule has 0 bridgehead atoms. The van der Waals surface area contributed by atoms with Crippen LogP contribution in [0.25, 0.3) is 0 Å². The predicted molar refractivity (Wildman–Crippen MR) is 58.4 cm³/mol. The van der Waals surface area contributed by atoms with E-state index in [9.17, 15) is 13.2 Å². The van der Waals surface area contributed by atoms with Crippen molar-refractivity contribution in [3.8, 4) is 0 Å². The molecule has 1 heterocycles. The van der Waals surface area contributed by atoms with Crippen LogP contribution in [0.1, 0.15) is 33.6 Å². The smallest absolute Gasteiger partial charge is 0.307 e. The number of likely N-dealkylation sites (tertiary alicyclic amines) is 1. The Hall–Kier alpha value is -0.290. The lowest BCUT2D eigenvalue weighted by Gasteiger charge is -2.47.